The molecule has 1 unspecified atom stereocenters. The minimum Gasteiger partial charge on any atom is -0.313 e. The molecule has 0 spiro atoms. The van der Waals surface area contributed by atoms with Crippen molar-refractivity contribution in [1.29, 1.82) is 0 Å². The van der Waals surface area contributed by atoms with E-state index >= 15 is 0 Å². The molecule has 0 radical (unpaired) electrons. The van der Waals surface area contributed by atoms with Crippen LogP contribution in [0.5, 0.6) is 0 Å². The van der Waals surface area contributed by atoms with Crippen LogP contribution in [0.4, 0.5) is 4.39 Å². The SMILES string of the molecule is CCCN(Cc1cc(F)cc(Br)c1)CC1CCCCN1. The lowest BCUT2D eigenvalue weighted by Crippen LogP contribution is -2.43. The zero-order chi connectivity index (χ0) is 14.4. The largest absolute Gasteiger partial charge is 0.313 e. The third kappa shape index (κ3) is 5.15. The third-order valence-corrected chi connectivity index (χ3v) is 4.22. The Morgan fingerprint density at radius 2 is 2.20 bits per heavy atom. The molecule has 1 heterocycles. The summed E-state index contributed by atoms with van der Waals surface area (Å²) in [5.41, 5.74) is 1.04. The number of benzene rings is 1. The fourth-order valence-electron chi connectivity index (χ4n) is 2.90. The molecule has 2 nitrogen and oxygen atoms in total. The van der Waals surface area contributed by atoms with Crippen molar-refractivity contribution in [2.45, 2.75) is 45.2 Å². The van der Waals surface area contributed by atoms with Crippen LogP contribution in [0.1, 0.15) is 38.2 Å². The molecule has 1 aliphatic heterocycles. The molecule has 1 fully saturated rings. The van der Waals surface area contributed by atoms with E-state index in [-0.39, 0.29) is 5.82 Å². The lowest BCUT2D eigenvalue weighted by Gasteiger charge is -2.30. The molecule has 0 saturated carbocycles. The number of halogens is 2. The summed E-state index contributed by atoms with van der Waals surface area (Å²) in [7, 11) is 0. The van der Waals surface area contributed by atoms with Gasteiger partial charge in [-0.1, -0.05) is 29.3 Å². The molecule has 1 aliphatic rings. The van der Waals surface area contributed by atoms with Crippen molar-refractivity contribution in [2.24, 2.45) is 0 Å². The Kier molecular flexibility index (Phi) is 6.46. The van der Waals surface area contributed by atoms with Crippen LogP contribution in [-0.2, 0) is 6.54 Å². The van der Waals surface area contributed by atoms with Gasteiger partial charge in [0, 0.05) is 23.6 Å². The van der Waals surface area contributed by atoms with Crippen LogP contribution in [0, 0.1) is 5.82 Å². The van der Waals surface area contributed by atoms with Gasteiger partial charge in [-0.05, 0) is 56.1 Å². The number of hydrogen-bond donors (Lipinski definition) is 1. The highest BCUT2D eigenvalue weighted by Gasteiger charge is 2.16. The van der Waals surface area contributed by atoms with Gasteiger partial charge in [-0.2, -0.15) is 0 Å². The number of hydrogen-bond acceptors (Lipinski definition) is 2. The molecule has 0 aliphatic carbocycles. The summed E-state index contributed by atoms with van der Waals surface area (Å²) >= 11 is 3.37. The van der Waals surface area contributed by atoms with Crippen LogP contribution < -0.4 is 5.32 Å². The van der Waals surface area contributed by atoms with Crippen LogP contribution in [0.2, 0.25) is 0 Å². The minimum absolute atomic E-state index is 0.165. The van der Waals surface area contributed by atoms with Crippen molar-refractivity contribution in [3.8, 4) is 0 Å². The van der Waals surface area contributed by atoms with E-state index in [4.69, 9.17) is 0 Å². The van der Waals surface area contributed by atoms with Gasteiger partial charge in [-0.15, -0.1) is 0 Å². The summed E-state index contributed by atoms with van der Waals surface area (Å²) in [5.74, 6) is -0.165. The lowest BCUT2D eigenvalue weighted by molar-refractivity contribution is 0.217. The Labute approximate surface area is 129 Å². The molecule has 112 valence electrons. The first kappa shape index (κ1) is 15.9. The van der Waals surface area contributed by atoms with Gasteiger partial charge >= 0.3 is 0 Å². The second-order valence-electron chi connectivity index (χ2n) is 5.66. The highest BCUT2D eigenvalue weighted by molar-refractivity contribution is 9.10. The molecule has 1 saturated heterocycles. The average molecular weight is 343 g/mol. The number of rotatable bonds is 6. The summed E-state index contributed by atoms with van der Waals surface area (Å²) in [5, 5.41) is 3.59. The Hall–Kier alpha value is -0.450. The smallest absolute Gasteiger partial charge is 0.124 e. The van der Waals surface area contributed by atoms with Gasteiger partial charge in [-0.3, -0.25) is 4.90 Å². The maximum absolute atomic E-state index is 13.5. The highest BCUT2D eigenvalue weighted by Crippen LogP contribution is 2.17. The number of nitrogens with zero attached hydrogens (tertiary/aromatic N) is 1. The monoisotopic (exact) mass is 342 g/mol. The molecular formula is C16H24BrFN2. The fraction of sp³-hybridized carbons (Fsp3) is 0.625. The van der Waals surface area contributed by atoms with Crippen LogP contribution in [-0.4, -0.2) is 30.6 Å². The summed E-state index contributed by atoms with van der Waals surface area (Å²) in [6.45, 7) is 6.27. The molecular weight excluding hydrogens is 319 g/mol. The van der Waals surface area contributed by atoms with Gasteiger partial charge in [0.2, 0.25) is 0 Å². The Morgan fingerprint density at radius 3 is 2.85 bits per heavy atom. The van der Waals surface area contributed by atoms with Gasteiger partial charge < -0.3 is 5.32 Å². The maximum Gasteiger partial charge on any atom is 0.124 e. The summed E-state index contributed by atoms with van der Waals surface area (Å²) in [6, 6.07) is 5.75. The van der Waals surface area contributed by atoms with E-state index in [0.717, 1.165) is 42.6 Å². The average Bonchev–Trinajstić information content (AvgIpc) is 2.39. The first-order valence-corrected chi connectivity index (χ1v) is 8.37. The molecule has 1 aromatic rings. The zero-order valence-electron chi connectivity index (χ0n) is 12.2. The lowest BCUT2D eigenvalue weighted by atomic mass is 10.0. The summed E-state index contributed by atoms with van der Waals surface area (Å²) in [4.78, 5) is 2.43. The topological polar surface area (TPSA) is 15.3 Å². The number of piperidine rings is 1. The van der Waals surface area contributed by atoms with Crippen molar-refractivity contribution in [1.82, 2.24) is 10.2 Å². The van der Waals surface area contributed by atoms with E-state index in [1.807, 2.05) is 6.07 Å². The van der Waals surface area contributed by atoms with Gasteiger partial charge in [-0.25, -0.2) is 4.39 Å². The molecule has 0 amide bonds. The van der Waals surface area contributed by atoms with E-state index in [1.165, 1.54) is 25.3 Å². The van der Waals surface area contributed by atoms with E-state index < -0.39 is 0 Å². The second-order valence-corrected chi connectivity index (χ2v) is 6.58. The van der Waals surface area contributed by atoms with Crippen molar-refractivity contribution in [2.75, 3.05) is 19.6 Å². The quantitative estimate of drug-likeness (QED) is 0.842. The van der Waals surface area contributed by atoms with Crippen LogP contribution in [0.25, 0.3) is 0 Å². The minimum atomic E-state index is -0.165. The Balaban J connectivity index is 1.96. The van der Waals surface area contributed by atoms with Gasteiger partial charge in [0.1, 0.15) is 5.82 Å². The van der Waals surface area contributed by atoms with Crippen molar-refractivity contribution in [3.63, 3.8) is 0 Å². The third-order valence-electron chi connectivity index (χ3n) is 3.76. The van der Waals surface area contributed by atoms with Crippen molar-refractivity contribution in [3.05, 3.63) is 34.1 Å². The highest BCUT2D eigenvalue weighted by atomic mass is 79.9. The predicted molar refractivity (Wildman–Crippen MR) is 85.3 cm³/mol. The predicted octanol–water partition coefficient (Wildman–Crippen LogP) is 3.94. The number of nitrogens with one attached hydrogen (secondary N) is 1. The van der Waals surface area contributed by atoms with Crippen LogP contribution in [0.15, 0.2) is 22.7 Å². The second kappa shape index (κ2) is 8.11. The normalized spacial score (nSPS) is 19.5. The van der Waals surface area contributed by atoms with Crippen molar-refractivity contribution >= 4 is 15.9 Å². The Morgan fingerprint density at radius 1 is 1.35 bits per heavy atom. The van der Waals surface area contributed by atoms with E-state index in [9.17, 15) is 4.39 Å². The van der Waals surface area contributed by atoms with Crippen LogP contribution >= 0.6 is 15.9 Å². The molecule has 0 bridgehead atoms. The molecule has 1 N–H and O–H groups in total. The fourth-order valence-corrected chi connectivity index (χ4v) is 3.42. The molecule has 0 aromatic heterocycles. The molecule has 1 aromatic carbocycles. The van der Waals surface area contributed by atoms with Gasteiger partial charge in [0.25, 0.3) is 0 Å². The van der Waals surface area contributed by atoms with Gasteiger partial charge in [0.15, 0.2) is 0 Å². The molecule has 20 heavy (non-hydrogen) atoms. The molecule has 2 rings (SSSR count). The summed E-state index contributed by atoms with van der Waals surface area (Å²) in [6.07, 6.45) is 5.00. The molecule has 4 heteroatoms. The van der Waals surface area contributed by atoms with E-state index in [2.05, 4.69) is 33.1 Å². The maximum atomic E-state index is 13.5. The van der Waals surface area contributed by atoms with E-state index in [0.29, 0.717) is 6.04 Å². The van der Waals surface area contributed by atoms with E-state index in [1.54, 1.807) is 6.07 Å². The summed E-state index contributed by atoms with van der Waals surface area (Å²) < 4.78 is 14.3. The van der Waals surface area contributed by atoms with Crippen LogP contribution in [0.3, 0.4) is 0 Å². The molecule has 1 atom stereocenters. The van der Waals surface area contributed by atoms with Crippen molar-refractivity contribution < 1.29 is 4.39 Å². The zero-order valence-corrected chi connectivity index (χ0v) is 13.8. The first-order chi connectivity index (χ1) is 9.67. The standard InChI is InChI=1S/C16H24BrFN2/c1-2-7-20(12-16-5-3-4-6-19-16)11-13-8-14(17)10-15(18)9-13/h8-10,16,19H,2-7,11-12H2,1H3. The first-order valence-electron chi connectivity index (χ1n) is 7.58. The van der Waals surface area contributed by atoms with Gasteiger partial charge in [0.05, 0.1) is 0 Å². The Bertz CT molecular complexity index is 399.